The zero-order valence-electron chi connectivity index (χ0n) is 11.7. The fourth-order valence-corrected chi connectivity index (χ4v) is 3.35. The summed E-state index contributed by atoms with van der Waals surface area (Å²) in [4.78, 5) is 14.5. The van der Waals surface area contributed by atoms with Gasteiger partial charge < -0.3 is 0 Å². The molecular formula is C17H17NOS. The molecule has 1 aromatic carbocycles. The number of thiophene rings is 1. The number of nitriles is 1. The van der Waals surface area contributed by atoms with Gasteiger partial charge in [0.2, 0.25) is 0 Å². The van der Waals surface area contributed by atoms with E-state index in [1.165, 1.54) is 11.8 Å². The van der Waals surface area contributed by atoms with Gasteiger partial charge in [0.25, 0.3) is 0 Å². The van der Waals surface area contributed by atoms with Gasteiger partial charge in [-0.15, -0.1) is 11.3 Å². The van der Waals surface area contributed by atoms with Crippen molar-refractivity contribution in [2.75, 3.05) is 0 Å². The van der Waals surface area contributed by atoms with Crippen molar-refractivity contribution in [3.8, 4) is 6.07 Å². The van der Waals surface area contributed by atoms with E-state index in [1.807, 2.05) is 36.4 Å². The second kappa shape index (κ2) is 6.02. The molecule has 0 N–H and O–H groups in total. The molecule has 1 aromatic heterocycles. The Hall–Kier alpha value is -1.92. The minimum Gasteiger partial charge on any atom is -0.298 e. The van der Waals surface area contributed by atoms with Gasteiger partial charge >= 0.3 is 0 Å². The van der Waals surface area contributed by atoms with Gasteiger partial charge in [-0.2, -0.15) is 5.26 Å². The van der Waals surface area contributed by atoms with Crippen molar-refractivity contribution in [3.63, 3.8) is 0 Å². The SMILES string of the molecule is CCc1ccc(CC(C#N)(C(C)=O)c2ccccc2)s1. The Balaban J connectivity index is 2.43. The average Bonchev–Trinajstić information content (AvgIpc) is 2.93. The summed E-state index contributed by atoms with van der Waals surface area (Å²) in [7, 11) is 0. The molecule has 2 aromatic rings. The minimum absolute atomic E-state index is 0.0994. The van der Waals surface area contributed by atoms with E-state index in [0.717, 1.165) is 16.9 Å². The maximum atomic E-state index is 12.2. The third-order valence-corrected chi connectivity index (χ3v) is 4.79. The van der Waals surface area contributed by atoms with Crippen molar-refractivity contribution in [1.82, 2.24) is 0 Å². The summed E-state index contributed by atoms with van der Waals surface area (Å²) in [6.45, 7) is 3.61. The number of Topliss-reactive ketones (excluding diaryl/α,β-unsaturated/α-hetero) is 1. The molecule has 0 bridgehead atoms. The number of benzene rings is 1. The van der Waals surface area contributed by atoms with Crippen LogP contribution in [0, 0.1) is 11.3 Å². The van der Waals surface area contributed by atoms with Crippen LogP contribution in [0.25, 0.3) is 0 Å². The maximum absolute atomic E-state index is 12.2. The van der Waals surface area contributed by atoms with Crippen LogP contribution in [0.1, 0.15) is 29.2 Å². The van der Waals surface area contributed by atoms with Gasteiger partial charge in [0.1, 0.15) is 5.41 Å². The fourth-order valence-electron chi connectivity index (χ4n) is 2.30. The first kappa shape index (κ1) is 14.5. The van der Waals surface area contributed by atoms with Crippen LogP contribution in [-0.2, 0) is 23.1 Å². The molecule has 0 fully saturated rings. The number of hydrogen-bond acceptors (Lipinski definition) is 3. The van der Waals surface area contributed by atoms with Crippen molar-refractivity contribution >= 4 is 17.1 Å². The van der Waals surface area contributed by atoms with Gasteiger partial charge in [0.05, 0.1) is 6.07 Å². The first-order valence-corrected chi connectivity index (χ1v) is 7.49. The Labute approximate surface area is 123 Å². The molecule has 1 unspecified atom stereocenters. The monoisotopic (exact) mass is 283 g/mol. The third-order valence-electron chi connectivity index (χ3n) is 3.56. The zero-order chi connectivity index (χ0) is 14.6. The fraction of sp³-hybridized carbons (Fsp3) is 0.294. The highest BCUT2D eigenvalue weighted by Gasteiger charge is 2.38. The number of carbonyl (C=O) groups excluding carboxylic acids is 1. The van der Waals surface area contributed by atoms with E-state index in [1.54, 1.807) is 11.3 Å². The molecule has 102 valence electrons. The van der Waals surface area contributed by atoms with Gasteiger partial charge in [0.15, 0.2) is 5.78 Å². The minimum atomic E-state index is -1.07. The Morgan fingerprint density at radius 2 is 1.85 bits per heavy atom. The quantitative estimate of drug-likeness (QED) is 0.835. The highest BCUT2D eigenvalue weighted by molar-refractivity contribution is 7.12. The molecule has 20 heavy (non-hydrogen) atoms. The van der Waals surface area contributed by atoms with Gasteiger partial charge in [-0.1, -0.05) is 37.3 Å². The van der Waals surface area contributed by atoms with E-state index in [9.17, 15) is 10.1 Å². The molecule has 0 amide bonds. The molecule has 0 spiro atoms. The van der Waals surface area contributed by atoms with Gasteiger partial charge in [0, 0.05) is 16.2 Å². The summed E-state index contributed by atoms with van der Waals surface area (Å²) in [5.74, 6) is -0.0994. The highest BCUT2D eigenvalue weighted by atomic mass is 32.1. The molecule has 0 saturated carbocycles. The lowest BCUT2D eigenvalue weighted by Crippen LogP contribution is -2.34. The van der Waals surface area contributed by atoms with Crippen LogP contribution in [-0.4, -0.2) is 5.78 Å². The standard InChI is InChI=1S/C17H17NOS/c1-3-15-9-10-16(20-15)11-17(12-18,13(2)19)14-7-5-4-6-8-14/h4-10H,3,11H2,1-2H3. The van der Waals surface area contributed by atoms with E-state index in [-0.39, 0.29) is 5.78 Å². The summed E-state index contributed by atoms with van der Waals surface area (Å²) < 4.78 is 0. The van der Waals surface area contributed by atoms with Crippen LogP contribution >= 0.6 is 11.3 Å². The smallest absolute Gasteiger partial charge is 0.154 e. The highest BCUT2D eigenvalue weighted by Crippen LogP contribution is 2.32. The second-order valence-corrected chi connectivity index (χ2v) is 6.09. The molecular weight excluding hydrogens is 266 g/mol. The Morgan fingerprint density at radius 3 is 2.35 bits per heavy atom. The number of aryl methyl sites for hydroxylation is 1. The first-order chi connectivity index (χ1) is 9.62. The zero-order valence-corrected chi connectivity index (χ0v) is 12.5. The summed E-state index contributed by atoms with van der Waals surface area (Å²) in [6, 6.07) is 15.7. The van der Waals surface area contributed by atoms with Crippen LogP contribution < -0.4 is 0 Å². The molecule has 3 heteroatoms. The molecule has 0 radical (unpaired) electrons. The van der Waals surface area contributed by atoms with E-state index in [4.69, 9.17) is 0 Å². The predicted octanol–water partition coefficient (Wildman–Crippen LogP) is 3.90. The summed E-state index contributed by atoms with van der Waals surface area (Å²) >= 11 is 1.68. The molecule has 0 aliphatic heterocycles. The third kappa shape index (κ3) is 2.66. The first-order valence-electron chi connectivity index (χ1n) is 6.68. The van der Waals surface area contributed by atoms with Crippen LogP contribution in [0.3, 0.4) is 0 Å². The van der Waals surface area contributed by atoms with Crippen molar-refractivity contribution in [1.29, 1.82) is 5.26 Å². The summed E-state index contributed by atoms with van der Waals surface area (Å²) in [5, 5.41) is 9.66. The Morgan fingerprint density at radius 1 is 1.20 bits per heavy atom. The lowest BCUT2D eigenvalue weighted by atomic mass is 9.75. The van der Waals surface area contributed by atoms with Gasteiger partial charge in [-0.05, 0) is 31.0 Å². The molecule has 0 aliphatic carbocycles. The number of rotatable bonds is 5. The predicted molar refractivity (Wildman–Crippen MR) is 81.8 cm³/mol. The van der Waals surface area contributed by atoms with Gasteiger partial charge in [-0.25, -0.2) is 0 Å². The van der Waals surface area contributed by atoms with E-state index in [0.29, 0.717) is 6.42 Å². The van der Waals surface area contributed by atoms with Crippen molar-refractivity contribution < 1.29 is 4.79 Å². The van der Waals surface area contributed by atoms with Crippen LogP contribution in [0.5, 0.6) is 0 Å². The largest absolute Gasteiger partial charge is 0.298 e. The maximum Gasteiger partial charge on any atom is 0.154 e. The lowest BCUT2D eigenvalue weighted by Gasteiger charge is -2.23. The van der Waals surface area contributed by atoms with E-state index >= 15 is 0 Å². The Bertz CT molecular complexity index is 639. The van der Waals surface area contributed by atoms with E-state index < -0.39 is 5.41 Å². The van der Waals surface area contributed by atoms with Crippen LogP contribution in [0.15, 0.2) is 42.5 Å². The van der Waals surface area contributed by atoms with Crippen LogP contribution in [0.2, 0.25) is 0 Å². The second-order valence-electron chi connectivity index (χ2n) is 4.84. The number of ketones is 1. The summed E-state index contributed by atoms with van der Waals surface area (Å²) in [5.41, 5.74) is -0.293. The molecule has 1 heterocycles. The molecule has 2 rings (SSSR count). The molecule has 1 atom stereocenters. The molecule has 2 nitrogen and oxygen atoms in total. The average molecular weight is 283 g/mol. The topological polar surface area (TPSA) is 40.9 Å². The number of nitrogens with zero attached hydrogens (tertiary/aromatic N) is 1. The van der Waals surface area contributed by atoms with Gasteiger partial charge in [-0.3, -0.25) is 4.79 Å². The summed E-state index contributed by atoms with van der Waals surface area (Å²) in [6.07, 6.45) is 1.43. The molecule has 0 aliphatic rings. The number of carbonyl (C=O) groups is 1. The lowest BCUT2D eigenvalue weighted by molar-refractivity contribution is -0.120. The normalized spacial score (nSPS) is 13.4. The molecule has 0 saturated heterocycles. The van der Waals surface area contributed by atoms with Crippen molar-refractivity contribution in [3.05, 3.63) is 57.8 Å². The van der Waals surface area contributed by atoms with Crippen LogP contribution in [0.4, 0.5) is 0 Å². The number of hydrogen-bond donors (Lipinski definition) is 0. The van der Waals surface area contributed by atoms with Crippen molar-refractivity contribution in [2.45, 2.75) is 32.1 Å². The van der Waals surface area contributed by atoms with Crippen molar-refractivity contribution in [2.24, 2.45) is 0 Å². The van der Waals surface area contributed by atoms with E-state index in [2.05, 4.69) is 19.1 Å². The Kier molecular flexibility index (Phi) is 4.36.